The van der Waals surface area contributed by atoms with Crippen molar-refractivity contribution >= 4 is 28.8 Å². The van der Waals surface area contributed by atoms with Crippen LogP contribution in [0.1, 0.15) is 23.7 Å². The molecule has 2 aromatic rings. The molecule has 2 rings (SSSR count). The number of hydrogen-bond acceptors (Lipinski definition) is 2. The van der Waals surface area contributed by atoms with E-state index < -0.39 is 0 Å². The first kappa shape index (κ1) is 13.5. The summed E-state index contributed by atoms with van der Waals surface area (Å²) in [6.07, 6.45) is 0.301. The molecule has 0 unspecified atom stereocenters. The maximum atomic E-state index is 12.0. The highest BCUT2D eigenvalue weighted by Gasteiger charge is 2.07. The molecule has 2 aromatic carbocycles. The number of aliphatic imine (C=N–C) groups is 1. The zero-order valence-electron chi connectivity index (χ0n) is 10.6. The van der Waals surface area contributed by atoms with Gasteiger partial charge in [-0.05, 0) is 19.1 Å². The summed E-state index contributed by atoms with van der Waals surface area (Å²) < 4.78 is 0. The highest BCUT2D eigenvalue weighted by molar-refractivity contribution is 6.33. The summed E-state index contributed by atoms with van der Waals surface area (Å²) in [5.41, 5.74) is 2.15. The van der Waals surface area contributed by atoms with Crippen molar-refractivity contribution in [2.24, 2.45) is 4.99 Å². The zero-order valence-corrected chi connectivity index (χ0v) is 11.4. The number of Topliss-reactive ketones (excluding diaryl/α,β-unsaturated/α-hetero) is 1. The number of benzene rings is 2. The van der Waals surface area contributed by atoms with Gasteiger partial charge in [0.15, 0.2) is 5.78 Å². The number of ketones is 1. The zero-order chi connectivity index (χ0) is 13.7. The van der Waals surface area contributed by atoms with Crippen LogP contribution >= 0.6 is 11.6 Å². The summed E-state index contributed by atoms with van der Waals surface area (Å²) in [5.74, 6) is 0.0638. The highest BCUT2D eigenvalue weighted by atomic mass is 35.5. The van der Waals surface area contributed by atoms with Gasteiger partial charge in [-0.2, -0.15) is 0 Å². The Morgan fingerprint density at radius 1 is 1.05 bits per heavy atom. The maximum absolute atomic E-state index is 12.0. The molecule has 0 aliphatic carbocycles. The Balaban J connectivity index is 2.12. The van der Waals surface area contributed by atoms with Gasteiger partial charge in [0.05, 0.1) is 10.7 Å². The Morgan fingerprint density at radius 2 is 1.68 bits per heavy atom. The smallest absolute Gasteiger partial charge is 0.168 e. The van der Waals surface area contributed by atoms with Crippen LogP contribution in [0, 0.1) is 0 Å². The van der Waals surface area contributed by atoms with Crippen LogP contribution in [0.5, 0.6) is 0 Å². The number of carbonyl (C=O) groups is 1. The predicted octanol–water partition coefficient (Wildman–Crippen LogP) is 4.71. The number of carbonyl (C=O) groups excluding carboxylic acids is 1. The Bertz CT molecular complexity index is 605. The Morgan fingerprint density at radius 3 is 2.37 bits per heavy atom. The lowest BCUT2D eigenvalue weighted by Gasteiger charge is -2.02. The van der Waals surface area contributed by atoms with Crippen molar-refractivity contribution in [2.75, 3.05) is 0 Å². The summed E-state index contributed by atoms with van der Waals surface area (Å²) >= 11 is 6.03. The van der Waals surface area contributed by atoms with E-state index in [1.807, 2.05) is 55.5 Å². The van der Waals surface area contributed by atoms with Gasteiger partial charge in [0.25, 0.3) is 0 Å². The summed E-state index contributed by atoms with van der Waals surface area (Å²) in [6.45, 7) is 1.84. The van der Waals surface area contributed by atoms with Crippen LogP contribution in [-0.4, -0.2) is 11.5 Å². The van der Waals surface area contributed by atoms with Crippen LogP contribution in [0.15, 0.2) is 59.6 Å². The van der Waals surface area contributed by atoms with Gasteiger partial charge in [0, 0.05) is 17.7 Å². The topological polar surface area (TPSA) is 29.4 Å². The monoisotopic (exact) mass is 271 g/mol. The first-order valence-electron chi connectivity index (χ1n) is 6.04. The van der Waals surface area contributed by atoms with Crippen molar-refractivity contribution in [1.82, 2.24) is 0 Å². The molecule has 0 fully saturated rings. The Kier molecular flexibility index (Phi) is 4.48. The summed E-state index contributed by atoms with van der Waals surface area (Å²) in [7, 11) is 0. The molecule has 0 radical (unpaired) electrons. The molecule has 3 heteroatoms. The van der Waals surface area contributed by atoms with E-state index in [4.69, 9.17) is 11.6 Å². The summed E-state index contributed by atoms with van der Waals surface area (Å²) in [4.78, 5) is 16.4. The van der Waals surface area contributed by atoms with Crippen molar-refractivity contribution in [3.63, 3.8) is 0 Å². The molecule has 0 N–H and O–H groups in total. The molecule has 0 saturated heterocycles. The van der Waals surface area contributed by atoms with Crippen molar-refractivity contribution in [2.45, 2.75) is 13.3 Å². The normalized spacial score (nSPS) is 11.4. The molecule has 0 aliphatic heterocycles. The van der Waals surface area contributed by atoms with Crippen molar-refractivity contribution < 1.29 is 4.79 Å². The third kappa shape index (κ3) is 3.76. The van der Waals surface area contributed by atoms with E-state index in [-0.39, 0.29) is 5.78 Å². The molecule has 0 aromatic heterocycles. The van der Waals surface area contributed by atoms with Gasteiger partial charge in [-0.1, -0.05) is 54.1 Å². The van der Waals surface area contributed by atoms with E-state index in [1.54, 1.807) is 6.07 Å². The van der Waals surface area contributed by atoms with Gasteiger partial charge >= 0.3 is 0 Å². The van der Waals surface area contributed by atoms with Gasteiger partial charge in [-0.15, -0.1) is 0 Å². The molecular weight excluding hydrogens is 258 g/mol. The minimum Gasteiger partial charge on any atom is -0.294 e. The fourth-order valence-corrected chi connectivity index (χ4v) is 1.92. The summed E-state index contributed by atoms with van der Waals surface area (Å²) in [5, 5.41) is 0.592. The first-order valence-corrected chi connectivity index (χ1v) is 6.41. The lowest BCUT2D eigenvalue weighted by Crippen LogP contribution is -2.04. The Hall–Kier alpha value is -1.93. The summed E-state index contributed by atoms with van der Waals surface area (Å²) in [6, 6.07) is 16.6. The van der Waals surface area contributed by atoms with Gasteiger partial charge in [-0.3, -0.25) is 9.79 Å². The lowest BCUT2D eigenvalue weighted by molar-refractivity contribution is 0.100. The molecule has 0 spiro atoms. The minimum atomic E-state index is 0.0638. The molecular formula is C16H14ClNO. The van der Waals surface area contributed by atoms with Crippen LogP contribution in [0.25, 0.3) is 0 Å². The van der Waals surface area contributed by atoms with Gasteiger partial charge < -0.3 is 0 Å². The van der Waals surface area contributed by atoms with Crippen molar-refractivity contribution in [1.29, 1.82) is 0 Å². The molecule has 0 bridgehead atoms. The standard InChI is InChI=1S/C16H14ClNO/c1-12(18-15-10-6-5-9-14(15)17)11-16(19)13-7-3-2-4-8-13/h2-10H,11H2,1H3. The van der Waals surface area contributed by atoms with E-state index in [9.17, 15) is 4.79 Å². The Labute approximate surface area is 117 Å². The average Bonchev–Trinajstić information content (AvgIpc) is 2.42. The lowest BCUT2D eigenvalue weighted by atomic mass is 10.1. The number of halogens is 1. The highest BCUT2D eigenvalue weighted by Crippen LogP contribution is 2.24. The molecule has 0 aliphatic rings. The van der Waals surface area contributed by atoms with E-state index >= 15 is 0 Å². The van der Waals surface area contributed by atoms with Gasteiger partial charge in [-0.25, -0.2) is 0 Å². The van der Waals surface area contributed by atoms with E-state index in [0.29, 0.717) is 22.7 Å². The second kappa shape index (κ2) is 6.30. The third-order valence-corrected chi connectivity index (χ3v) is 3.00. The first-order chi connectivity index (χ1) is 9.16. The van der Waals surface area contributed by atoms with Crippen LogP contribution < -0.4 is 0 Å². The molecule has 96 valence electrons. The number of hydrogen-bond donors (Lipinski definition) is 0. The number of rotatable bonds is 4. The second-order valence-corrected chi connectivity index (χ2v) is 4.67. The molecule has 2 nitrogen and oxygen atoms in total. The fraction of sp³-hybridized carbons (Fsp3) is 0.125. The van der Waals surface area contributed by atoms with Crippen LogP contribution in [0.4, 0.5) is 5.69 Å². The average molecular weight is 272 g/mol. The number of para-hydroxylation sites is 1. The molecule has 0 heterocycles. The quantitative estimate of drug-likeness (QED) is 0.585. The SMILES string of the molecule is CC(CC(=O)c1ccccc1)=Nc1ccccc1Cl. The van der Waals surface area contributed by atoms with Crippen molar-refractivity contribution in [3.8, 4) is 0 Å². The minimum absolute atomic E-state index is 0.0638. The van der Waals surface area contributed by atoms with E-state index in [1.165, 1.54) is 0 Å². The third-order valence-electron chi connectivity index (χ3n) is 2.68. The van der Waals surface area contributed by atoms with E-state index in [0.717, 1.165) is 5.71 Å². The molecule has 0 saturated carbocycles. The maximum Gasteiger partial charge on any atom is 0.168 e. The fourth-order valence-electron chi connectivity index (χ4n) is 1.75. The van der Waals surface area contributed by atoms with Crippen molar-refractivity contribution in [3.05, 3.63) is 65.2 Å². The second-order valence-electron chi connectivity index (χ2n) is 4.26. The molecule has 19 heavy (non-hydrogen) atoms. The van der Waals surface area contributed by atoms with Gasteiger partial charge in [0.2, 0.25) is 0 Å². The van der Waals surface area contributed by atoms with E-state index in [2.05, 4.69) is 4.99 Å². The molecule has 0 amide bonds. The predicted molar refractivity (Wildman–Crippen MR) is 79.6 cm³/mol. The molecule has 0 atom stereocenters. The number of nitrogens with zero attached hydrogens (tertiary/aromatic N) is 1. The van der Waals surface area contributed by atoms with Crippen LogP contribution in [0.2, 0.25) is 5.02 Å². The largest absolute Gasteiger partial charge is 0.294 e. The van der Waals surface area contributed by atoms with Gasteiger partial charge in [0.1, 0.15) is 0 Å². The van der Waals surface area contributed by atoms with Crippen LogP contribution in [0.3, 0.4) is 0 Å². The van der Waals surface area contributed by atoms with Crippen LogP contribution in [-0.2, 0) is 0 Å².